The molecule has 2 amide bonds. The molecule has 7 heteroatoms. The quantitative estimate of drug-likeness (QED) is 0.626. The number of nitrogens with zero attached hydrogens (tertiary/aromatic N) is 1. The molecule has 2 aliphatic rings. The van der Waals surface area contributed by atoms with Gasteiger partial charge in [-0.05, 0) is 41.0 Å². The molecular weight excluding hydrogens is 408 g/mol. The summed E-state index contributed by atoms with van der Waals surface area (Å²) in [5.74, 6) is -0.391. The highest BCUT2D eigenvalue weighted by molar-refractivity contribution is 5.79. The number of amides is 2. The topological polar surface area (TPSA) is 95.9 Å². The third-order valence-electron chi connectivity index (χ3n) is 6.26. The molecule has 0 saturated carbocycles. The molecule has 2 aromatic carbocycles. The second-order valence-electron chi connectivity index (χ2n) is 8.45. The number of benzene rings is 2. The molecule has 1 heterocycles. The molecule has 32 heavy (non-hydrogen) atoms. The second kappa shape index (κ2) is 9.85. The summed E-state index contributed by atoms with van der Waals surface area (Å²) in [5, 5.41) is 11.3. The molecule has 2 aromatic rings. The van der Waals surface area contributed by atoms with Crippen LogP contribution < -0.4 is 5.32 Å². The number of hydrogen-bond acceptors (Lipinski definition) is 4. The van der Waals surface area contributed by atoms with Crippen LogP contribution in [-0.2, 0) is 14.3 Å². The first-order valence-corrected chi connectivity index (χ1v) is 11.1. The highest BCUT2D eigenvalue weighted by atomic mass is 16.5. The molecule has 1 aliphatic carbocycles. The minimum Gasteiger partial charge on any atom is -0.481 e. The van der Waals surface area contributed by atoms with E-state index in [1.54, 1.807) is 4.90 Å². The summed E-state index contributed by atoms with van der Waals surface area (Å²) in [6.45, 7) is 1.82. The molecule has 0 radical (unpaired) electrons. The van der Waals surface area contributed by atoms with Gasteiger partial charge in [-0.25, -0.2) is 4.79 Å². The maximum absolute atomic E-state index is 12.2. The zero-order chi connectivity index (χ0) is 22.5. The number of carboxylic acid groups (broad SMARTS) is 1. The van der Waals surface area contributed by atoms with Crippen LogP contribution in [0.15, 0.2) is 48.5 Å². The van der Waals surface area contributed by atoms with Gasteiger partial charge in [0.25, 0.3) is 0 Å². The molecule has 0 bridgehead atoms. The highest BCUT2D eigenvalue weighted by Crippen LogP contribution is 2.44. The number of hydrogen-bond donors (Lipinski definition) is 2. The summed E-state index contributed by atoms with van der Waals surface area (Å²) >= 11 is 0. The molecule has 0 spiro atoms. The van der Waals surface area contributed by atoms with Gasteiger partial charge in [0.05, 0.1) is 0 Å². The Hall–Kier alpha value is -3.35. The van der Waals surface area contributed by atoms with Crippen molar-refractivity contribution in [3.05, 3.63) is 59.7 Å². The summed E-state index contributed by atoms with van der Waals surface area (Å²) in [7, 11) is 0. The number of carbonyl (C=O) groups is 3. The number of nitrogens with one attached hydrogen (secondary N) is 1. The zero-order valence-corrected chi connectivity index (χ0v) is 18.0. The first kappa shape index (κ1) is 21.9. The SMILES string of the molecule is O=C(O)CCCC1CN(C(=O)CCNC(=O)OCC2c3ccccc3-c3ccccc32)C1. The molecule has 1 aliphatic heterocycles. The Bertz CT molecular complexity index is 954. The van der Waals surface area contributed by atoms with Crippen LogP contribution in [0.4, 0.5) is 4.79 Å². The fourth-order valence-electron chi connectivity index (χ4n) is 4.58. The minimum absolute atomic E-state index is 0.00145. The van der Waals surface area contributed by atoms with Crippen LogP contribution in [0, 0.1) is 5.92 Å². The van der Waals surface area contributed by atoms with E-state index in [0.29, 0.717) is 25.4 Å². The number of alkyl carbamates (subject to hydrolysis) is 1. The molecule has 1 saturated heterocycles. The van der Waals surface area contributed by atoms with E-state index in [4.69, 9.17) is 9.84 Å². The van der Waals surface area contributed by atoms with E-state index in [0.717, 1.165) is 17.5 Å². The van der Waals surface area contributed by atoms with Gasteiger partial charge in [0.15, 0.2) is 0 Å². The van der Waals surface area contributed by atoms with Crippen LogP contribution in [0.2, 0.25) is 0 Å². The van der Waals surface area contributed by atoms with Crippen LogP contribution >= 0.6 is 0 Å². The van der Waals surface area contributed by atoms with Gasteiger partial charge in [0, 0.05) is 38.4 Å². The lowest BCUT2D eigenvalue weighted by Gasteiger charge is -2.39. The van der Waals surface area contributed by atoms with E-state index >= 15 is 0 Å². The first-order chi connectivity index (χ1) is 15.5. The van der Waals surface area contributed by atoms with Gasteiger partial charge in [0.1, 0.15) is 6.61 Å². The van der Waals surface area contributed by atoms with E-state index in [9.17, 15) is 14.4 Å². The number of carbonyl (C=O) groups excluding carboxylic acids is 2. The van der Waals surface area contributed by atoms with Gasteiger partial charge in [-0.2, -0.15) is 0 Å². The maximum Gasteiger partial charge on any atom is 0.407 e. The van der Waals surface area contributed by atoms with Crippen molar-refractivity contribution in [2.45, 2.75) is 31.6 Å². The van der Waals surface area contributed by atoms with E-state index in [2.05, 4.69) is 29.6 Å². The lowest BCUT2D eigenvalue weighted by atomic mass is 9.93. The summed E-state index contributed by atoms with van der Waals surface area (Å²) in [6.07, 6.45) is 1.36. The average Bonchev–Trinajstić information content (AvgIpc) is 3.07. The van der Waals surface area contributed by atoms with Crippen LogP contribution in [0.1, 0.15) is 42.7 Å². The van der Waals surface area contributed by atoms with Crippen LogP contribution in [0.5, 0.6) is 0 Å². The van der Waals surface area contributed by atoms with Crippen molar-refractivity contribution in [1.29, 1.82) is 0 Å². The van der Waals surface area contributed by atoms with Crippen molar-refractivity contribution >= 4 is 18.0 Å². The number of ether oxygens (including phenoxy) is 1. The molecule has 1 fully saturated rings. The Morgan fingerprint density at radius 3 is 2.22 bits per heavy atom. The van der Waals surface area contributed by atoms with Crippen molar-refractivity contribution in [1.82, 2.24) is 10.2 Å². The third kappa shape index (κ3) is 4.93. The highest BCUT2D eigenvalue weighted by Gasteiger charge is 2.30. The lowest BCUT2D eigenvalue weighted by Crippen LogP contribution is -2.50. The summed E-state index contributed by atoms with van der Waals surface area (Å²) in [4.78, 5) is 36.7. The molecule has 2 N–H and O–H groups in total. The summed E-state index contributed by atoms with van der Waals surface area (Å²) < 4.78 is 5.48. The molecular formula is C25H28N2O5. The van der Waals surface area contributed by atoms with Crippen molar-refractivity contribution in [3.63, 3.8) is 0 Å². The van der Waals surface area contributed by atoms with Gasteiger partial charge in [-0.1, -0.05) is 48.5 Å². The number of fused-ring (bicyclic) bond motifs is 3. The smallest absolute Gasteiger partial charge is 0.407 e. The largest absolute Gasteiger partial charge is 0.481 e. The normalized spacial score (nSPS) is 14.9. The van der Waals surface area contributed by atoms with Crippen LogP contribution in [0.3, 0.4) is 0 Å². The van der Waals surface area contributed by atoms with Crippen molar-refractivity contribution in [3.8, 4) is 11.1 Å². The van der Waals surface area contributed by atoms with Crippen LogP contribution in [-0.4, -0.2) is 54.2 Å². The first-order valence-electron chi connectivity index (χ1n) is 11.1. The number of carboxylic acids is 1. The van der Waals surface area contributed by atoms with E-state index < -0.39 is 12.1 Å². The fraction of sp³-hybridized carbons (Fsp3) is 0.400. The van der Waals surface area contributed by atoms with Gasteiger partial charge in [0.2, 0.25) is 5.91 Å². The molecule has 4 rings (SSSR count). The molecule has 168 valence electrons. The minimum atomic E-state index is -0.781. The number of likely N-dealkylation sites (tertiary alicyclic amines) is 1. The zero-order valence-electron chi connectivity index (χ0n) is 18.0. The van der Waals surface area contributed by atoms with E-state index in [1.165, 1.54) is 11.1 Å². The fourth-order valence-corrected chi connectivity index (χ4v) is 4.58. The Morgan fingerprint density at radius 1 is 0.969 bits per heavy atom. The molecule has 0 aromatic heterocycles. The van der Waals surface area contributed by atoms with Gasteiger partial charge >= 0.3 is 12.1 Å². The van der Waals surface area contributed by atoms with Crippen molar-refractivity contribution in [2.24, 2.45) is 5.92 Å². The predicted octanol–water partition coefficient (Wildman–Crippen LogP) is 3.63. The maximum atomic E-state index is 12.2. The lowest BCUT2D eigenvalue weighted by molar-refractivity contribution is -0.139. The Morgan fingerprint density at radius 2 is 1.59 bits per heavy atom. The van der Waals surface area contributed by atoms with Gasteiger partial charge in [-0.15, -0.1) is 0 Å². The van der Waals surface area contributed by atoms with E-state index in [-0.39, 0.29) is 37.8 Å². The molecule has 0 atom stereocenters. The Labute approximate surface area is 187 Å². The monoisotopic (exact) mass is 436 g/mol. The van der Waals surface area contributed by atoms with Crippen molar-refractivity contribution in [2.75, 3.05) is 26.2 Å². The number of rotatable bonds is 9. The standard InChI is InChI=1S/C25H28N2O5/c28-23(27-14-17(15-27)6-5-11-24(29)30)12-13-26-25(31)32-16-22-20-9-3-1-7-18(20)19-8-2-4-10-21(19)22/h1-4,7-10,17,22H,5-6,11-16H2,(H,26,31)(H,29,30). The molecule has 7 nitrogen and oxygen atoms in total. The van der Waals surface area contributed by atoms with Gasteiger partial charge in [-0.3, -0.25) is 9.59 Å². The summed E-state index contributed by atoms with van der Waals surface area (Å²) in [6, 6.07) is 16.3. The van der Waals surface area contributed by atoms with Crippen LogP contribution in [0.25, 0.3) is 11.1 Å². The number of aliphatic carboxylic acids is 1. The predicted molar refractivity (Wildman–Crippen MR) is 119 cm³/mol. The Kier molecular flexibility index (Phi) is 6.73. The summed E-state index contributed by atoms with van der Waals surface area (Å²) in [5.41, 5.74) is 4.68. The Balaban J connectivity index is 1.17. The van der Waals surface area contributed by atoms with Gasteiger partial charge < -0.3 is 20.1 Å². The molecule has 0 unspecified atom stereocenters. The second-order valence-corrected chi connectivity index (χ2v) is 8.45. The van der Waals surface area contributed by atoms with E-state index in [1.807, 2.05) is 24.3 Å². The average molecular weight is 437 g/mol. The van der Waals surface area contributed by atoms with Crippen molar-refractivity contribution < 1.29 is 24.2 Å². The third-order valence-corrected chi connectivity index (χ3v) is 6.26.